The topological polar surface area (TPSA) is 53.0 Å². The third-order valence-corrected chi connectivity index (χ3v) is 5.89. The Hall–Kier alpha value is -2.60. The summed E-state index contributed by atoms with van der Waals surface area (Å²) in [6.07, 6.45) is 4.50. The lowest BCUT2D eigenvalue weighted by atomic mass is 10.0. The Bertz CT molecular complexity index is 862. The molecule has 4 rings (SSSR count). The predicted octanol–water partition coefficient (Wildman–Crippen LogP) is 3.53. The van der Waals surface area contributed by atoms with Crippen molar-refractivity contribution >= 4 is 11.8 Å². The van der Waals surface area contributed by atoms with Gasteiger partial charge in [0.05, 0.1) is 19.7 Å². The first-order valence-electron chi connectivity index (χ1n) is 11.1. The van der Waals surface area contributed by atoms with Gasteiger partial charge in [0.25, 0.3) is 0 Å². The van der Waals surface area contributed by atoms with Gasteiger partial charge in [0.1, 0.15) is 11.9 Å². The van der Waals surface area contributed by atoms with E-state index in [2.05, 4.69) is 70.3 Å². The summed E-state index contributed by atoms with van der Waals surface area (Å²) in [7, 11) is 0. The standard InChI is InChI=1S/C24H33N5O/c1-3-25-24(27-17-20-10-11-26-23(16-20)28-12-6-7-13-28)29-14-15-30-22(18-29)21-9-5-4-8-19(21)2/h4-5,8-11,16,22H,3,6-7,12-15,17-18H2,1-2H3,(H,25,27). The van der Waals surface area contributed by atoms with Crippen LogP contribution in [-0.4, -0.2) is 55.2 Å². The number of anilines is 1. The van der Waals surface area contributed by atoms with Crippen molar-refractivity contribution in [2.75, 3.05) is 44.2 Å². The Morgan fingerprint density at radius 3 is 2.83 bits per heavy atom. The van der Waals surface area contributed by atoms with Gasteiger partial charge >= 0.3 is 0 Å². The molecule has 6 nitrogen and oxygen atoms in total. The largest absolute Gasteiger partial charge is 0.370 e. The number of morpholine rings is 1. The van der Waals surface area contributed by atoms with Gasteiger partial charge in [0.15, 0.2) is 5.96 Å². The molecule has 0 amide bonds. The summed E-state index contributed by atoms with van der Waals surface area (Å²) < 4.78 is 6.10. The molecule has 2 aliphatic heterocycles. The molecule has 0 saturated carbocycles. The molecule has 1 atom stereocenters. The first-order valence-corrected chi connectivity index (χ1v) is 11.1. The molecule has 2 fully saturated rings. The molecule has 6 heteroatoms. The van der Waals surface area contributed by atoms with Gasteiger partial charge in [-0.15, -0.1) is 0 Å². The highest BCUT2D eigenvalue weighted by molar-refractivity contribution is 5.80. The second-order valence-electron chi connectivity index (χ2n) is 8.05. The zero-order chi connectivity index (χ0) is 20.8. The minimum absolute atomic E-state index is 0.0755. The number of hydrogen-bond donors (Lipinski definition) is 1. The number of aromatic nitrogens is 1. The Kier molecular flexibility index (Phi) is 6.84. The van der Waals surface area contributed by atoms with Crippen LogP contribution in [0.4, 0.5) is 5.82 Å². The van der Waals surface area contributed by atoms with Crippen LogP contribution in [0, 0.1) is 6.92 Å². The number of ether oxygens (including phenoxy) is 1. The summed E-state index contributed by atoms with van der Waals surface area (Å²) in [5, 5.41) is 3.47. The van der Waals surface area contributed by atoms with E-state index in [1.807, 2.05) is 6.20 Å². The summed E-state index contributed by atoms with van der Waals surface area (Å²) in [4.78, 5) is 14.2. The van der Waals surface area contributed by atoms with Crippen molar-refractivity contribution in [3.8, 4) is 0 Å². The third-order valence-electron chi connectivity index (χ3n) is 5.89. The average Bonchev–Trinajstić information content (AvgIpc) is 3.32. The fourth-order valence-corrected chi connectivity index (χ4v) is 4.25. The maximum absolute atomic E-state index is 6.10. The maximum atomic E-state index is 6.10. The van der Waals surface area contributed by atoms with Crippen LogP contribution in [0.25, 0.3) is 0 Å². The van der Waals surface area contributed by atoms with Crippen molar-refractivity contribution < 1.29 is 4.74 Å². The molecule has 3 heterocycles. The van der Waals surface area contributed by atoms with Crippen LogP contribution >= 0.6 is 0 Å². The van der Waals surface area contributed by atoms with Crippen molar-refractivity contribution in [3.63, 3.8) is 0 Å². The number of pyridine rings is 1. The summed E-state index contributed by atoms with van der Waals surface area (Å²) in [6.45, 7) is 10.4. The molecule has 0 bridgehead atoms. The summed E-state index contributed by atoms with van der Waals surface area (Å²) in [5.74, 6) is 2.04. The average molecular weight is 408 g/mol. The van der Waals surface area contributed by atoms with E-state index in [-0.39, 0.29) is 6.10 Å². The fourth-order valence-electron chi connectivity index (χ4n) is 4.25. The number of nitrogens with one attached hydrogen (secondary N) is 1. The lowest BCUT2D eigenvalue weighted by Crippen LogP contribution is -2.48. The van der Waals surface area contributed by atoms with E-state index in [1.54, 1.807) is 0 Å². The molecule has 1 aromatic heterocycles. The smallest absolute Gasteiger partial charge is 0.194 e. The van der Waals surface area contributed by atoms with Crippen LogP contribution in [0.5, 0.6) is 0 Å². The quantitative estimate of drug-likeness (QED) is 0.607. The Labute approximate surface area is 180 Å². The van der Waals surface area contributed by atoms with Crippen molar-refractivity contribution in [2.45, 2.75) is 39.3 Å². The van der Waals surface area contributed by atoms with Gasteiger partial charge in [0.2, 0.25) is 0 Å². The molecule has 0 aliphatic carbocycles. The van der Waals surface area contributed by atoms with Crippen LogP contribution in [0.3, 0.4) is 0 Å². The Morgan fingerprint density at radius 2 is 2.03 bits per heavy atom. The van der Waals surface area contributed by atoms with Crippen molar-refractivity contribution in [2.24, 2.45) is 4.99 Å². The molecule has 0 radical (unpaired) electrons. The van der Waals surface area contributed by atoms with Crippen molar-refractivity contribution in [1.29, 1.82) is 0 Å². The highest BCUT2D eigenvalue weighted by Gasteiger charge is 2.25. The number of hydrogen-bond acceptors (Lipinski definition) is 4. The molecule has 2 saturated heterocycles. The van der Waals surface area contributed by atoms with Gasteiger partial charge in [-0.05, 0) is 55.5 Å². The number of nitrogens with zero attached hydrogens (tertiary/aromatic N) is 4. The van der Waals surface area contributed by atoms with Crippen LogP contribution in [-0.2, 0) is 11.3 Å². The third kappa shape index (κ3) is 4.93. The van der Waals surface area contributed by atoms with Gasteiger partial charge < -0.3 is 19.9 Å². The zero-order valence-corrected chi connectivity index (χ0v) is 18.2. The molecule has 2 aromatic rings. The molecule has 2 aliphatic rings. The molecule has 1 unspecified atom stereocenters. The van der Waals surface area contributed by atoms with Gasteiger partial charge in [-0.3, -0.25) is 0 Å². The molecular formula is C24H33N5O. The maximum Gasteiger partial charge on any atom is 0.194 e. The molecule has 160 valence electrons. The number of guanidine groups is 1. The van der Waals surface area contributed by atoms with Gasteiger partial charge in [-0.1, -0.05) is 24.3 Å². The van der Waals surface area contributed by atoms with E-state index < -0.39 is 0 Å². The van der Waals surface area contributed by atoms with Crippen molar-refractivity contribution in [3.05, 3.63) is 59.3 Å². The lowest BCUT2D eigenvalue weighted by Gasteiger charge is -2.35. The van der Waals surface area contributed by atoms with Crippen LogP contribution < -0.4 is 10.2 Å². The highest BCUT2D eigenvalue weighted by atomic mass is 16.5. The van der Waals surface area contributed by atoms with Gasteiger partial charge in [-0.2, -0.15) is 0 Å². The zero-order valence-electron chi connectivity index (χ0n) is 18.2. The SMILES string of the molecule is CCNC(=NCc1ccnc(N2CCCC2)c1)N1CCOC(c2ccccc2C)C1. The molecule has 30 heavy (non-hydrogen) atoms. The Morgan fingerprint density at radius 1 is 1.20 bits per heavy atom. The second kappa shape index (κ2) is 9.94. The first kappa shape index (κ1) is 20.7. The van der Waals surface area contributed by atoms with E-state index in [0.29, 0.717) is 13.2 Å². The van der Waals surface area contributed by atoms with E-state index in [4.69, 9.17) is 9.73 Å². The lowest BCUT2D eigenvalue weighted by molar-refractivity contribution is -0.00834. The summed E-state index contributed by atoms with van der Waals surface area (Å²) in [5.41, 5.74) is 3.74. The summed E-state index contributed by atoms with van der Waals surface area (Å²) >= 11 is 0. The van der Waals surface area contributed by atoms with E-state index in [0.717, 1.165) is 44.5 Å². The van der Waals surface area contributed by atoms with Crippen LogP contribution in [0.1, 0.15) is 42.6 Å². The molecular weight excluding hydrogens is 374 g/mol. The van der Waals surface area contributed by atoms with Gasteiger partial charge in [0, 0.05) is 32.4 Å². The predicted molar refractivity (Wildman–Crippen MR) is 122 cm³/mol. The first-order chi connectivity index (χ1) is 14.7. The fraction of sp³-hybridized carbons (Fsp3) is 0.500. The van der Waals surface area contributed by atoms with E-state index in [9.17, 15) is 0 Å². The number of benzene rings is 1. The number of aliphatic imine (C=N–C) groups is 1. The Balaban J connectivity index is 1.47. The molecule has 1 N–H and O–H groups in total. The second-order valence-corrected chi connectivity index (χ2v) is 8.05. The molecule has 0 spiro atoms. The van der Waals surface area contributed by atoms with E-state index >= 15 is 0 Å². The van der Waals surface area contributed by atoms with E-state index in [1.165, 1.54) is 29.5 Å². The number of rotatable bonds is 5. The highest BCUT2D eigenvalue weighted by Crippen LogP contribution is 2.25. The summed E-state index contributed by atoms with van der Waals surface area (Å²) in [6, 6.07) is 12.8. The van der Waals surface area contributed by atoms with Gasteiger partial charge in [-0.25, -0.2) is 9.98 Å². The molecule has 1 aromatic carbocycles. The van der Waals surface area contributed by atoms with Crippen LogP contribution in [0.2, 0.25) is 0 Å². The minimum atomic E-state index is 0.0755. The number of aryl methyl sites for hydroxylation is 1. The van der Waals surface area contributed by atoms with Crippen molar-refractivity contribution in [1.82, 2.24) is 15.2 Å². The monoisotopic (exact) mass is 407 g/mol. The minimum Gasteiger partial charge on any atom is -0.370 e. The van der Waals surface area contributed by atoms with Crippen LogP contribution in [0.15, 0.2) is 47.6 Å². The normalized spacial score (nSPS) is 19.9.